The molecule has 1 aliphatic heterocycles. The van der Waals surface area contributed by atoms with Crippen LogP contribution < -0.4 is 5.73 Å². The molecule has 134 valence electrons. The van der Waals surface area contributed by atoms with E-state index in [0.29, 0.717) is 32.6 Å². The van der Waals surface area contributed by atoms with Crippen molar-refractivity contribution >= 4 is 35.6 Å². The number of hydrogen-bond acceptors (Lipinski definition) is 4. The van der Waals surface area contributed by atoms with E-state index in [1.165, 1.54) is 11.3 Å². The summed E-state index contributed by atoms with van der Waals surface area (Å²) in [6, 6.07) is 11.2. The smallest absolute Gasteiger partial charge is 0.254 e. The third-order valence-electron chi connectivity index (χ3n) is 4.31. The van der Waals surface area contributed by atoms with Gasteiger partial charge in [0.05, 0.1) is 5.56 Å². The Hall–Kier alpha value is -1.89. The van der Waals surface area contributed by atoms with Crippen molar-refractivity contribution in [3.63, 3.8) is 0 Å². The normalized spacial score (nSPS) is 15.4. The predicted octanol–water partition coefficient (Wildman–Crippen LogP) is 2.54. The third-order valence-corrected chi connectivity index (χ3v) is 4.99. The zero-order chi connectivity index (χ0) is 16.9. The summed E-state index contributed by atoms with van der Waals surface area (Å²) in [5, 5.41) is 3.76. The summed E-state index contributed by atoms with van der Waals surface area (Å²) in [6.45, 7) is 2.27. The molecule has 1 aliphatic rings. The summed E-state index contributed by atoms with van der Waals surface area (Å²) in [5.74, 6) is 0.0957. The van der Waals surface area contributed by atoms with Crippen LogP contribution in [0, 0.1) is 0 Å². The average molecular weight is 380 g/mol. The van der Waals surface area contributed by atoms with Gasteiger partial charge in [-0.3, -0.25) is 9.59 Å². The fourth-order valence-corrected chi connectivity index (χ4v) is 3.49. The predicted molar refractivity (Wildman–Crippen MR) is 102 cm³/mol. The number of amides is 2. The topological polar surface area (TPSA) is 66.6 Å². The van der Waals surface area contributed by atoms with Crippen LogP contribution in [0.3, 0.4) is 0 Å². The van der Waals surface area contributed by atoms with Crippen LogP contribution in [0.25, 0.3) is 0 Å². The van der Waals surface area contributed by atoms with Gasteiger partial charge < -0.3 is 15.5 Å². The molecule has 25 heavy (non-hydrogen) atoms. The molecule has 2 aromatic rings. The van der Waals surface area contributed by atoms with Crippen molar-refractivity contribution in [3.8, 4) is 0 Å². The number of carbonyl (C=O) groups is 2. The van der Waals surface area contributed by atoms with E-state index in [2.05, 4.69) is 0 Å². The fourth-order valence-electron chi connectivity index (χ4n) is 2.86. The van der Waals surface area contributed by atoms with Crippen molar-refractivity contribution in [1.29, 1.82) is 0 Å². The lowest BCUT2D eigenvalue weighted by Crippen LogP contribution is -2.50. The fraction of sp³-hybridized carbons (Fsp3) is 0.333. The number of carbonyl (C=O) groups excluding carboxylic acids is 2. The summed E-state index contributed by atoms with van der Waals surface area (Å²) >= 11 is 1.52. The van der Waals surface area contributed by atoms with Crippen molar-refractivity contribution in [2.45, 2.75) is 12.5 Å². The van der Waals surface area contributed by atoms with Gasteiger partial charge in [-0.25, -0.2) is 0 Å². The lowest BCUT2D eigenvalue weighted by Gasteiger charge is -2.35. The zero-order valence-corrected chi connectivity index (χ0v) is 15.5. The van der Waals surface area contributed by atoms with Crippen molar-refractivity contribution < 1.29 is 9.59 Å². The van der Waals surface area contributed by atoms with E-state index >= 15 is 0 Å². The molecule has 3 rings (SSSR count). The van der Waals surface area contributed by atoms with Crippen molar-refractivity contribution in [3.05, 3.63) is 58.3 Å². The molecule has 0 spiro atoms. The SMILES string of the molecule is Cl.NC(CC(=O)N1CCN(C(=O)c2ccsc2)CC1)c1ccccc1. The van der Waals surface area contributed by atoms with Crippen LogP contribution in [0.15, 0.2) is 47.2 Å². The molecule has 2 amide bonds. The average Bonchev–Trinajstić information content (AvgIpc) is 3.16. The minimum atomic E-state index is -0.288. The van der Waals surface area contributed by atoms with Gasteiger partial charge in [0.25, 0.3) is 5.91 Å². The van der Waals surface area contributed by atoms with Gasteiger partial charge in [-0.15, -0.1) is 12.4 Å². The molecular formula is C18H22ClN3O2S. The van der Waals surface area contributed by atoms with Gasteiger partial charge in [0.15, 0.2) is 0 Å². The Morgan fingerprint density at radius 3 is 2.28 bits per heavy atom. The Kier molecular flexibility index (Phi) is 6.99. The van der Waals surface area contributed by atoms with Crippen LogP contribution in [-0.2, 0) is 4.79 Å². The van der Waals surface area contributed by atoms with E-state index < -0.39 is 0 Å². The molecular weight excluding hydrogens is 358 g/mol. The largest absolute Gasteiger partial charge is 0.339 e. The number of nitrogens with two attached hydrogens (primary N) is 1. The second kappa shape index (κ2) is 8.99. The van der Waals surface area contributed by atoms with Crippen molar-refractivity contribution in [2.75, 3.05) is 26.2 Å². The molecule has 2 heterocycles. The highest BCUT2D eigenvalue weighted by atomic mass is 35.5. The summed E-state index contributed by atoms with van der Waals surface area (Å²) in [6.07, 6.45) is 0.294. The molecule has 0 radical (unpaired) electrons. The van der Waals surface area contributed by atoms with Crippen LogP contribution in [0.2, 0.25) is 0 Å². The molecule has 0 bridgehead atoms. The van der Waals surface area contributed by atoms with Crippen LogP contribution in [-0.4, -0.2) is 47.8 Å². The Morgan fingerprint density at radius 2 is 1.68 bits per heavy atom. The van der Waals surface area contributed by atoms with Crippen LogP contribution >= 0.6 is 23.7 Å². The number of thiophene rings is 1. The first-order valence-electron chi connectivity index (χ1n) is 8.05. The Bertz CT molecular complexity index is 686. The second-order valence-corrected chi connectivity index (χ2v) is 6.69. The van der Waals surface area contributed by atoms with Crippen LogP contribution in [0.4, 0.5) is 0 Å². The zero-order valence-electron chi connectivity index (χ0n) is 13.8. The van der Waals surface area contributed by atoms with Crippen molar-refractivity contribution in [1.82, 2.24) is 9.80 Å². The van der Waals surface area contributed by atoms with E-state index in [0.717, 1.165) is 11.1 Å². The van der Waals surface area contributed by atoms with Gasteiger partial charge in [0.2, 0.25) is 5.91 Å². The van der Waals surface area contributed by atoms with Gasteiger partial charge in [0.1, 0.15) is 0 Å². The molecule has 1 aromatic carbocycles. The molecule has 2 N–H and O–H groups in total. The second-order valence-electron chi connectivity index (χ2n) is 5.91. The van der Waals surface area contributed by atoms with E-state index in [-0.39, 0.29) is 30.3 Å². The highest BCUT2D eigenvalue weighted by molar-refractivity contribution is 7.08. The standard InChI is InChI=1S/C18H21N3O2S.ClH/c19-16(14-4-2-1-3-5-14)12-17(22)20-7-9-21(10-8-20)18(23)15-6-11-24-13-15;/h1-6,11,13,16H,7-10,12,19H2;1H. The maximum Gasteiger partial charge on any atom is 0.254 e. The monoisotopic (exact) mass is 379 g/mol. The van der Waals surface area contributed by atoms with Gasteiger partial charge in [-0.05, 0) is 17.0 Å². The molecule has 1 saturated heterocycles. The van der Waals surface area contributed by atoms with Crippen molar-refractivity contribution in [2.24, 2.45) is 5.73 Å². The first-order valence-corrected chi connectivity index (χ1v) is 8.99. The van der Waals surface area contributed by atoms with Crippen LogP contribution in [0.1, 0.15) is 28.4 Å². The number of rotatable bonds is 4. The number of halogens is 1. The maximum absolute atomic E-state index is 12.4. The lowest BCUT2D eigenvalue weighted by molar-refractivity contribution is -0.133. The first kappa shape index (κ1) is 19.4. The van der Waals surface area contributed by atoms with Gasteiger partial charge in [-0.2, -0.15) is 11.3 Å². The molecule has 0 saturated carbocycles. The van der Waals surface area contributed by atoms with Gasteiger partial charge in [-0.1, -0.05) is 30.3 Å². The minimum Gasteiger partial charge on any atom is -0.339 e. The molecule has 0 aliphatic carbocycles. The summed E-state index contributed by atoms with van der Waals surface area (Å²) in [7, 11) is 0. The molecule has 1 atom stereocenters. The summed E-state index contributed by atoms with van der Waals surface area (Å²) in [4.78, 5) is 28.4. The maximum atomic E-state index is 12.4. The summed E-state index contributed by atoms with van der Waals surface area (Å²) < 4.78 is 0. The summed E-state index contributed by atoms with van der Waals surface area (Å²) in [5.41, 5.74) is 7.83. The first-order chi connectivity index (χ1) is 11.6. The Balaban J connectivity index is 0.00000225. The molecule has 1 fully saturated rings. The van der Waals surface area contributed by atoms with E-state index in [9.17, 15) is 9.59 Å². The number of piperazine rings is 1. The lowest BCUT2D eigenvalue weighted by atomic mass is 10.0. The number of nitrogens with zero attached hydrogens (tertiary/aromatic N) is 2. The third kappa shape index (κ3) is 4.81. The molecule has 1 aromatic heterocycles. The van der Waals surface area contributed by atoms with E-state index in [1.54, 1.807) is 4.90 Å². The van der Waals surface area contributed by atoms with Gasteiger partial charge in [0, 0.05) is 44.0 Å². The highest BCUT2D eigenvalue weighted by Crippen LogP contribution is 2.17. The molecule has 1 unspecified atom stereocenters. The Morgan fingerprint density at radius 1 is 1.04 bits per heavy atom. The molecule has 7 heteroatoms. The minimum absolute atomic E-state index is 0. The van der Waals surface area contributed by atoms with Gasteiger partial charge >= 0.3 is 0 Å². The van der Waals surface area contributed by atoms with E-state index in [4.69, 9.17) is 5.73 Å². The highest BCUT2D eigenvalue weighted by Gasteiger charge is 2.26. The van der Waals surface area contributed by atoms with Crippen LogP contribution in [0.5, 0.6) is 0 Å². The molecule has 5 nitrogen and oxygen atoms in total. The number of benzene rings is 1. The Labute approximate surface area is 157 Å². The van der Waals surface area contributed by atoms with E-state index in [1.807, 2.05) is 52.1 Å². The quantitative estimate of drug-likeness (QED) is 0.887. The number of hydrogen-bond donors (Lipinski definition) is 1.